The van der Waals surface area contributed by atoms with Crippen LogP contribution >= 0.6 is 0 Å². The Kier molecular flexibility index (Phi) is 5.82. The summed E-state index contributed by atoms with van der Waals surface area (Å²) in [5, 5.41) is 5.99. The molecule has 0 atom stereocenters. The second-order valence-corrected chi connectivity index (χ2v) is 9.81. The van der Waals surface area contributed by atoms with Gasteiger partial charge in [-0.05, 0) is 40.5 Å². The van der Waals surface area contributed by atoms with Crippen LogP contribution in [0.5, 0.6) is 0 Å². The molecule has 7 aromatic rings. The summed E-state index contributed by atoms with van der Waals surface area (Å²) < 4.78 is 15.6. The third kappa shape index (κ3) is 3.91. The van der Waals surface area contributed by atoms with Gasteiger partial charge in [0.2, 0.25) is 0 Å². The van der Waals surface area contributed by atoms with Crippen LogP contribution in [-0.2, 0) is 5.54 Å². The van der Waals surface area contributed by atoms with E-state index in [-0.39, 0.29) is 5.82 Å². The number of aromatic nitrogens is 4. The summed E-state index contributed by atoms with van der Waals surface area (Å²) in [6.07, 6.45) is 7.81. The first-order chi connectivity index (χ1) is 19.7. The predicted octanol–water partition coefficient (Wildman–Crippen LogP) is 8.07. The molecule has 0 aliphatic carbocycles. The van der Waals surface area contributed by atoms with Gasteiger partial charge in [-0.2, -0.15) is 5.10 Å². The quantitative estimate of drug-likeness (QED) is 0.225. The summed E-state index contributed by atoms with van der Waals surface area (Å²) in [6, 6.07) is 40.1. The van der Waals surface area contributed by atoms with Gasteiger partial charge in [-0.1, -0.05) is 103 Å². The molecule has 40 heavy (non-hydrogen) atoms. The number of hydrogen-bond acceptors (Lipinski definition) is 2. The summed E-state index contributed by atoms with van der Waals surface area (Å²) in [6.45, 7) is 0. The van der Waals surface area contributed by atoms with Gasteiger partial charge in [-0.3, -0.25) is 4.68 Å². The van der Waals surface area contributed by atoms with Gasteiger partial charge < -0.3 is 4.98 Å². The molecule has 0 fully saturated rings. The molecule has 3 aromatic heterocycles. The molecule has 4 aromatic carbocycles. The van der Waals surface area contributed by atoms with E-state index in [0.717, 1.165) is 50.0 Å². The minimum Gasteiger partial charge on any atom is -0.346 e. The molecule has 0 unspecified atom stereocenters. The zero-order valence-electron chi connectivity index (χ0n) is 21.6. The van der Waals surface area contributed by atoms with E-state index >= 15 is 0 Å². The van der Waals surface area contributed by atoms with Gasteiger partial charge in [0, 0.05) is 40.7 Å². The van der Waals surface area contributed by atoms with Crippen LogP contribution in [0.2, 0.25) is 0 Å². The van der Waals surface area contributed by atoms with Gasteiger partial charge in [0.1, 0.15) is 17.0 Å². The minimum atomic E-state index is -0.689. The van der Waals surface area contributed by atoms with Gasteiger partial charge in [0.15, 0.2) is 0 Å². The number of nitrogens with zero attached hydrogens (tertiary/aromatic N) is 3. The molecule has 5 heteroatoms. The number of aromatic amines is 1. The van der Waals surface area contributed by atoms with E-state index in [1.54, 1.807) is 12.1 Å². The molecule has 0 aliphatic rings. The summed E-state index contributed by atoms with van der Waals surface area (Å²) in [5.74, 6) is -0.258. The van der Waals surface area contributed by atoms with Crippen molar-refractivity contribution in [3.63, 3.8) is 0 Å². The maximum absolute atomic E-state index is 13.5. The van der Waals surface area contributed by atoms with Crippen molar-refractivity contribution in [3.8, 4) is 22.3 Å². The third-order valence-electron chi connectivity index (χ3n) is 7.52. The summed E-state index contributed by atoms with van der Waals surface area (Å²) in [5.41, 5.74) is 7.24. The van der Waals surface area contributed by atoms with Gasteiger partial charge in [0.05, 0.1) is 6.20 Å². The van der Waals surface area contributed by atoms with E-state index in [4.69, 9.17) is 5.10 Å². The highest BCUT2D eigenvalue weighted by molar-refractivity contribution is 5.95. The Morgan fingerprint density at radius 1 is 0.625 bits per heavy atom. The van der Waals surface area contributed by atoms with E-state index in [1.807, 2.05) is 36.8 Å². The predicted molar refractivity (Wildman–Crippen MR) is 157 cm³/mol. The zero-order chi connectivity index (χ0) is 26.9. The second-order valence-electron chi connectivity index (χ2n) is 9.81. The SMILES string of the molecule is Fc1ccc(-c2cnc3[nH]cc(-c4cnn(C(c5ccccc5)(c5ccccc5)c5ccccc5)c4)c3c2)cc1. The molecule has 0 saturated heterocycles. The highest BCUT2D eigenvalue weighted by atomic mass is 19.1. The van der Waals surface area contributed by atoms with Crippen molar-refractivity contribution in [2.45, 2.75) is 5.54 Å². The normalized spacial score (nSPS) is 11.6. The fourth-order valence-electron chi connectivity index (χ4n) is 5.62. The Hall–Kier alpha value is -5.29. The van der Waals surface area contributed by atoms with Crippen LogP contribution in [0.15, 0.2) is 146 Å². The van der Waals surface area contributed by atoms with E-state index in [0.29, 0.717) is 0 Å². The van der Waals surface area contributed by atoms with Crippen LogP contribution in [-0.4, -0.2) is 19.7 Å². The number of H-pyrrole nitrogens is 1. The van der Waals surface area contributed by atoms with Crippen LogP contribution in [0.1, 0.15) is 16.7 Å². The average Bonchev–Trinajstić information content (AvgIpc) is 3.67. The van der Waals surface area contributed by atoms with Gasteiger partial charge in [-0.15, -0.1) is 0 Å². The van der Waals surface area contributed by atoms with Crippen molar-refractivity contribution in [3.05, 3.63) is 169 Å². The van der Waals surface area contributed by atoms with Crippen molar-refractivity contribution < 1.29 is 4.39 Å². The molecule has 0 aliphatic heterocycles. The Balaban J connectivity index is 1.43. The molecule has 0 radical (unpaired) electrons. The summed E-state index contributed by atoms with van der Waals surface area (Å²) in [7, 11) is 0. The first-order valence-corrected chi connectivity index (χ1v) is 13.2. The molecule has 1 N–H and O–H groups in total. The maximum atomic E-state index is 13.5. The molecule has 7 rings (SSSR count). The molecule has 0 spiro atoms. The Bertz CT molecular complexity index is 1790. The van der Waals surface area contributed by atoms with Crippen molar-refractivity contribution in [1.29, 1.82) is 0 Å². The van der Waals surface area contributed by atoms with Crippen LogP contribution in [0.3, 0.4) is 0 Å². The van der Waals surface area contributed by atoms with Crippen LogP contribution < -0.4 is 0 Å². The highest BCUT2D eigenvalue weighted by Crippen LogP contribution is 2.41. The number of fused-ring (bicyclic) bond motifs is 1. The van der Waals surface area contributed by atoms with Crippen LogP contribution in [0, 0.1) is 5.82 Å². The lowest BCUT2D eigenvalue weighted by Gasteiger charge is -2.36. The molecule has 0 amide bonds. The lowest BCUT2D eigenvalue weighted by Crippen LogP contribution is -2.38. The van der Waals surface area contributed by atoms with Gasteiger partial charge in [0.25, 0.3) is 0 Å². The van der Waals surface area contributed by atoms with E-state index in [2.05, 4.69) is 99.7 Å². The zero-order valence-corrected chi connectivity index (χ0v) is 21.6. The van der Waals surface area contributed by atoms with Crippen molar-refractivity contribution >= 4 is 11.0 Å². The third-order valence-corrected chi connectivity index (χ3v) is 7.52. The Labute approximate surface area is 231 Å². The lowest BCUT2D eigenvalue weighted by molar-refractivity contribution is 0.460. The molecular formula is C35H25FN4. The fourth-order valence-corrected chi connectivity index (χ4v) is 5.62. The highest BCUT2D eigenvalue weighted by Gasteiger charge is 2.39. The minimum absolute atomic E-state index is 0.258. The van der Waals surface area contributed by atoms with E-state index in [1.165, 1.54) is 12.1 Å². The molecule has 4 nitrogen and oxygen atoms in total. The Morgan fingerprint density at radius 2 is 1.20 bits per heavy atom. The smallest absolute Gasteiger partial charge is 0.138 e. The van der Waals surface area contributed by atoms with E-state index < -0.39 is 5.54 Å². The van der Waals surface area contributed by atoms with Crippen molar-refractivity contribution in [2.24, 2.45) is 0 Å². The molecule has 0 bridgehead atoms. The number of rotatable bonds is 6. The summed E-state index contributed by atoms with van der Waals surface area (Å²) in [4.78, 5) is 7.96. The first kappa shape index (κ1) is 23.8. The molecule has 3 heterocycles. The fraction of sp³-hybridized carbons (Fsp3) is 0.0286. The second kappa shape index (κ2) is 9.79. The number of pyridine rings is 1. The van der Waals surface area contributed by atoms with Crippen LogP contribution in [0.4, 0.5) is 4.39 Å². The maximum Gasteiger partial charge on any atom is 0.138 e. The Morgan fingerprint density at radius 3 is 1.77 bits per heavy atom. The van der Waals surface area contributed by atoms with Crippen molar-refractivity contribution in [2.75, 3.05) is 0 Å². The monoisotopic (exact) mass is 520 g/mol. The van der Waals surface area contributed by atoms with Crippen molar-refractivity contribution in [1.82, 2.24) is 19.7 Å². The number of benzene rings is 4. The van der Waals surface area contributed by atoms with E-state index in [9.17, 15) is 4.39 Å². The van der Waals surface area contributed by atoms with Crippen LogP contribution in [0.25, 0.3) is 33.3 Å². The number of nitrogens with one attached hydrogen (secondary N) is 1. The molecule has 0 saturated carbocycles. The van der Waals surface area contributed by atoms with Gasteiger partial charge in [-0.25, -0.2) is 9.37 Å². The number of halogens is 1. The standard InChI is InChI=1S/C35H25FN4/c36-31-18-16-25(17-19-31)26-20-32-33(23-38-34(32)37-21-26)27-22-39-40(24-27)35(28-10-4-1-5-11-28,29-12-6-2-7-13-29)30-14-8-3-9-15-30/h1-24H,(H,37,38). The first-order valence-electron chi connectivity index (χ1n) is 13.2. The van der Waals surface area contributed by atoms with Gasteiger partial charge >= 0.3 is 0 Å². The topological polar surface area (TPSA) is 46.5 Å². The number of hydrogen-bond donors (Lipinski definition) is 1. The largest absolute Gasteiger partial charge is 0.346 e. The lowest BCUT2D eigenvalue weighted by atomic mass is 9.77. The average molecular weight is 521 g/mol. The molecular weight excluding hydrogens is 495 g/mol. The molecule has 192 valence electrons. The summed E-state index contributed by atoms with van der Waals surface area (Å²) >= 11 is 0.